The van der Waals surface area contributed by atoms with Gasteiger partial charge >= 0.3 is 0 Å². The molecule has 0 spiro atoms. The van der Waals surface area contributed by atoms with E-state index < -0.39 is 0 Å². The molecule has 0 saturated carbocycles. The Hall–Kier alpha value is -2.29. The molecule has 0 atom stereocenters. The molecule has 1 amide bonds. The molecule has 1 fully saturated rings. The monoisotopic (exact) mass is 280 g/mol. The molecule has 3 heteroatoms. The molecular weight excluding hydrogens is 260 g/mol. The van der Waals surface area contributed by atoms with Crippen LogP contribution in [0.1, 0.15) is 28.8 Å². The number of para-hydroxylation sites is 1. The first-order chi connectivity index (χ1) is 10.2. The van der Waals surface area contributed by atoms with E-state index >= 15 is 0 Å². The van der Waals surface area contributed by atoms with E-state index in [-0.39, 0.29) is 5.91 Å². The van der Waals surface area contributed by atoms with Crippen LogP contribution in [0.5, 0.6) is 0 Å². The maximum absolute atomic E-state index is 12.5. The molecular formula is C18H20N2O. The highest BCUT2D eigenvalue weighted by Crippen LogP contribution is 2.25. The zero-order valence-corrected chi connectivity index (χ0v) is 12.3. The van der Waals surface area contributed by atoms with Gasteiger partial charge in [-0.1, -0.05) is 29.8 Å². The molecule has 1 aliphatic rings. The molecule has 0 radical (unpaired) electrons. The second-order valence-electron chi connectivity index (χ2n) is 5.53. The predicted octanol–water partition coefficient (Wildman–Crippen LogP) is 3.85. The van der Waals surface area contributed by atoms with Gasteiger partial charge in [-0.15, -0.1) is 0 Å². The number of benzene rings is 2. The fraction of sp³-hybridized carbons (Fsp3) is 0.278. The van der Waals surface area contributed by atoms with Crippen molar-refractivity contribution in [1.29, 1.82) is 0 Å². The molecule has 3 rings (SSSR count). The van der Waals surface area contributed by atoms with Crippen molar-refractivity contribution in [1.82, 2.24) is 0 Å². The summed E-state index contributed by atoms with van der Waals surface area (Å²) in [5.74, 6) is -0.0404. The Kier molecular flexibility index (Phi) is 3.91. The van der Waals surface area contributed by atoms with Gasteiger partial charge in [-0.25, -0.2) is 0 Å². The van der Waals surface area contributed by atoms with E-state index in [1.165, 1.54) is 18.4 Å². The zero-order valence-electron chi connectivity index (χ0n) is 12.3. The minimum absolute atomic E-state index is 0.0404. The minimum Gasteiger partial charge on any atom is -0.371 e. The fourth-order valence-electron chi connectivity index (χ4n) is 2.73. The summed E-state index contributed by atoms with van der Waals surface area (Å²) in [6, 6.07) is 15.7. The average Bonchev–Trinajstić information content (AvgIpc) is 3.04. The molecule has 0 aromatic heterocycles. The van der Waals surface area contributed by atoms with Crippen molar-refractivity contribution in [3.63, 3.8) is 0 Å². The Morgan fingerprint density at radius 1 is 1.00 bits per heavy atom. The number of aryl methyl sites for hydroxylation is 1. The molecule has 108 valence electrons. The molecule has 21 heavy (non-hydrogen) atoms. The van der Waals surface area contributed by atoms with E-state index in [4.69, 9.17) is 0 Å². The van der Waals surface area contributed by atoms with Crippen LogP contribution in [0.3, 0.4) is 0 Å². The van der Waals surface area contributed by atoms with Gasteiger partial charge in [-0.2, -0.15) is 0 Å². The van der Waals surface area contributed by atoms with Crippen molar-refractivity contribution in [2.24, 2.45) is 0 Å². The topological polar surface area (TPSA) is 32.3 Å². The third-order valence-electron chi connectivity index (χ3n) is 3.90. The molecule has 1 N–H and O–H groups in total. The quantitative estimate of drug-likeness (QED) is 0.926. The number of carbonyl (C=O) groups excluding carboxylic acids is 1. The van der Waals surface area contributed by atoms with Crippen LogP contribution in [-0.4, -0.2) is 19.0 Å². The lowest BCUT2D eigenvalue weighted by Gasteiger charge is -2.20. The van der Waals surface area contributed by atoms with Crippen LogP contribution in [0, 0.1) is 6.92 Å². The molecule has 3 nitrogen and oxygen atoms in total. The highest BCUT2D eigenvalue weighted by Gasteiger charge is 2.18. The lowest BCUT2D eigenvalue weighted by molar-refractivity contribution is 0.102. The highest BCUT2D eigenvalue weighted by molar-refractivity contribution is 6.08. The maximum atomic E-state index is 12.5. The van der Waals surface area contributed by atoms with Crippen molar-refractivity contribution < 1.29 is 4.79 Å². The molecule has 1 heterocycles. The minimum atomic E-state index is -0.0404. The van der Waals surface area contributed by atoms with Crippen LogP contribution < -0.4 is 10.2 Å². The molecule has 0 bridgehead atoms. The summed E-state index contributed by atoms with van der Waals surface area (Å²) in [6.45, 7) is 4.11. The molecule has 2 aromatic carbocycles. The molecule has 0 unspecified atom stereocenters. The van der Waals surface area contributed by atoms with Crippen LogP contribution in [0.15, 0.2) is 48.5 Å². The molecule has 1 saturated heterocycles. The molecule has 2 aromatic rings. The molecule has 1 aliphatic heterocycles. The van der Waals surface area contributed by atoms with E-state index in [1.54, 1.807) is 0 Å². The first-order valence-electron chi connectivity index (χ1n) is 7.46. The number of hydrogen-bond donors (Lipinski definition) is 1. The van der Waals surface area contributed by atoms with E-state index in [9.17, 15) is 4.79 Å². The van der Waals surface area contributed by atoms with Crippen molar-refractivity contribution in [2.45, 2.75) is 19.8 Å². The van der Waals surface area contributed by atoms with Gasteiger partial charge in [0.2, 0.25) is 0 Å². The van der Waals surface area contributed by atoms with Gasteiger partial charge in [0.15, 0.2) is 0 Å². The Labute approximate surface area is 125 Å². The first-order valence-corrected chi connectivity index (χ1v) is 7.46. The fourth-order valence-corrected chi connectivity index (χ4v) is 2.73. The highest BCUT2D eigenvalue weighted by atomic mass is 16.1. The summed E-state index contributed by atoms with van der Waals surface area (Å²) in [4.78, 5) is 14.8. The van der Waals surface area contributed by atoms with Crippen LogP contribution in [0.2, 0.25) is 0 Å². The Morgan fingerprint density at radius 2 is 1.67 bits per heavy atom. The van der Waals surface area contributed by atoms with Crippen LogP contribution >= 0.6 is 0 Å². The van der Waals surface area contributed by atoms with Crippen LogP contribution in [0.25, 0.3) is 0 Å². The van der Waals surface area contributed by atoms with E-state index in [0.717, 1.165) is 30.0 Å². The predicted molar refractivity (Wildman–Crippen MR) is 87.0 cm³/mol. The SMILES string of the molecule is Cc1ccc(NC(=O)c2ccccc2N2CCCC2)cc1. The average molecular weight is 280 g/mol. The van der Waals surface area contributed by atoms with Gasteiger partial charge in [0.25, 0.3) is 5.91 Å². The summed E-state index contributed by atoms with van der Waals surface area (Å²) in [6.07, 6.45) is 2.40. The van der Waals surface area contributed by atoms with Crippen molar-refractivity contribution >= 4 is 17.3 Å². The number of anilines is 2. The Morgan fingerprint density at radius 3 is 2.38 bits per heavy atom. The van der Waals surface area contributed by atoms with Crippen molar-refractivity contribution in [2.75, 3.05) is 23.3 Å². The third kappa shape index (κ3) is 3.07. The van der Waals surface area contributed by atoms with Gasteiger partial charge in [0.05, 0.1) is 5.56 Å². The number of hydrogen-bond acceptors (Lipinski definition) is 2. The van der Waals surface area contributed by atoms with Gasteiger partial charge in [-0.05, 0) is 44.0 Å². The summed E-state index contributed by atoms with van der Waals surface area (Å²) < 4.78 is 0. The van der Waals surface area contributed by atoms with E-state index in [0.29, 0.717) is 0 Å². The summed E-state index contributed by atoms with van der Waals surface area (Å²) in [7, 11) is 0. The number of amides is 1. The summed E-state index contributed by atoms with van der Waals surface area (Å²) in [5.41, 5.74) is 3.81. The lowest BCUT2D eigenvalue weighted by Crippen LogP contribution is -2.22. The van der Waals surface area contributed by atoms with E-state index in [1.807, 2.05) is 55.5 Å². The van der Waals surface area contributed by atoms with Crippen molar-refractivity contribution in [3.8, 4) is 0 Å². The second-order valence-corrected chi connectivity index (χ2v) is 5.53. The maximum Gasteiger partial charge on any atom is 0.257 e. The molecule has 0 aliphatic carbocycles. The normalized spacial score (nSPS) is 14.2. The van der Waals surface area contributed by atoms with E-state index in [2.05, 4.69) is 10.2 Å². The number of nitrogens with zero attached hydrogens (tertiary/aromatic N) is 1. The standard InChI is InChI=1S/C18H20N2O/c1-14-8-10-15(11-9-14)19-18(21)16-6-2-3-7-17(16)20-12-4-5-13-20/h2-3,6-11H,4-5,12-13H2,1H3,(H,19,21). The van der Waals surface area contributed by atoms with Crippen molar-refractivity contribution in [3.05, 3.63) is 59.7 Å². The first kappa shape index (κ1) is 13.7. The lowest BCUT2D eigenvalue weighted by atomic mass is 10.1. The largest absolute Gasteiger partial charge is 0.371 e. The van der Waals surface area contributed by atoms with Gasteiger partial charge in [-0.3, -0.25) is 4.79 Å². The third-order valence-corrected chi connectivity index (χ3v) is 3.90. The van der Waals surface area contributed by atoms with Gasteiger partial charge in [0, 0.05) is 24.5 Å². The Bertz CT molecular complexity index is 628. The number of nitrogens with one attached hydrogen (secondary N) is 1. The smallest absolute Gasteiger partial charge is 0.257 e. The van der Waals surface area contributed by atoms with Gasteiger partial charge in [0.1, 0.15) is 0 Å². The van der Waals surface area contributed by atoms with Crippen LogP contribution in [-0.2, 0) is 0 Å². The Balaban J connectivity index is 1.82. The summed E-state index contributed by atoms with van der Waals surface area (Å²) in [5, 5.41) is 2.98. The number of carbonyl (C=O) groups is 1. The summed E-state index contributed by atoms with van der Waals surface area (Å²) >= 11 is 0. The zero-order chi connectivity index (χ0) is 14.7. The number of rotatable bonds is 3. The van der Waals surface area contributed by atoms with Gasteiger partial charge < -0.3 is 10.2 Å². The second kappa shape index (κ2) is 6.00. The van der Waals surface area contributed by atoms with Crippen LogP contribution in [0.4, 0.5) is 11.4 Å².